The van der Waals surface area contributed by atoms with E-state index in [0.29, 0.717) is 6.54 Å². The van der Waals surface area contributed by atoms with Crippen molar-refractivity contribution >= 4 is 5.91 Å². The molecular weight excluding hydrogens is 178 g/mol. The summed E-state index contributed by atoms with van der Waals surface area (Å²) in [6, 6.07) is 0. The molecule has 0 aromatic heterocycles. The fourth-order valence-electron chi connectivity index (χ4n) is 0.982. The lowest BCUT2D eigenvalue weighted by Gasteiger charge is -2.19. The summed E-state index contributed by atoms with van der Waals surface area (Å²) < 4.78 is 0. The standard InChI is InChI=1S/C10H23N3O/c1-5-6-11-9-10(14)13(4)8-7-12(2)3/h11H,5-9H2,1-4H3. The molecule has 0 spiro atoms. The normalized spacial score (nSPS) is 10.6. The van der Waals surface area contributed by atoms with Crippen LogP contribution in [0.3, 0.4) is 0 Å². The Labute approximate surface area is 87.3 Å². The molecule has 0 heterocycles. The SMILES string of the molecule is CCCNCC(=O)N(C)CCN(C)C. The first-order valence-electron chi connectivity index (χ1n) is 5.17. The number of hydrogen-bond acceptors (Lipinski definition) is 3. The monoisotopic (exact) mass is 201 g/mol. The van der Waals surface area contributed by atoms with Gasteiger partial charge in [0.15, 0.2) is 0 Å². The van der Waals surface area contributed by atoms with Gasteiger partial charge in [0.05, 0.1) is 6.54 Å². The Morgan fingerprint density at radius 2 is 1.86 bits per heavy atom. The first-order chi connectivity index (χ1) is 6.57. The molecule has 0 saturated heterocycles. The van der Waals surface area contributed by atoms with Crippen LogP contribution in [0.25, 0.3) is 0 Å². The lowest BCUT2D eigenvalue weighted by Crippen LogP contribution is -2.39. The molecule has 0 aliphatic rings. The molecule has 4 heteroatoms. The number of nitrogens with zero attached hydrogens (tertiary/aromatic N) is 2. The van der Waals surface area contributed by atoms with E-state index in [2.05, 4.69) is 17.1 Å². The lowest BCUT2D eigenvalue weighted by atomic mass is 10.4. The second-order valence-electron chi connectivity index (χ2n) is 3.80. The summed E-state index contributed by atoms with van der Waals surface area (Å²) in [6.07, 6.45) is 1.06. The van der Waals surface area contributed by atoms with Crippen LogP contribution in [0.5, 0.6) is 0 Å². The van der Waals surface area contributed by atoms with Gasteiger partial charge < -0.3 is 15.1 Å². The summed E-state index contributed by atoms with van der Waals surface area (Å²) in [5.41, 5.74) is 0. The van der Waals surface area contributed by atoms with Gasteiger partial charge in [-0.05, 0) is 27.1 Å². The minimum atomic E-state index is 0.167. The maximum Gasteiger partial charge on any atom is 0.236 e. The van der Waals surface area contributed by atoms with Crippen LogP contribution >= 0.6 is 0 Å². The summed E-state index contributed by atoms with van der Waals surface area (Å²) >= 11 is 0. The minimum Gasteiger partial charge on any atom is -0.343 e. The van der Waals surface area contributed by atoms with Gasteiger partial charge in [0.25, 0.3) is 0 Å². The van der Waals surface area contributed by atoms with Crippen molar-refractivity contribution in [3.05, 3.63) is 0 Å². The van der Waals surface area contributed by atoms with Crippen LogP contribution in [-0.4, -0.2) is 63.0 Å². The zero-order chi connectivity index (χ0) is 11.0. The number of carbonyl (C=O) groups is 1. The molecule has 0 atom stereocenters. The Balaban J connectivity index is 3.54. The number of rotatable bonds is 7. The average molecular weight is 201 g/mol. The zero-order valence-corrected chi connectivity index (χ0v) is 9.84. The van der Waals surface area contributed by atoms with E-state index in [1.54, 1.807) is 4.90 Å². The summed E-state index contributed by atoms with van der Waals surface area (Å²) in [7, 11) is 5.86. The highest BCUT2D eigenvalue weighted by atomic mass is 16.2. The van der Waals surface area contributed by atoms with Crippen LogP contribution in [-0.2, 0) is 4.79 Å². The molecule has 4 nitrogen and oxygen atoms in total. The van der Waals surface area contributed by atoms with Gasteiger partial charge >= 0.3 is 0 Å². The quantitative estimate of drug-likeness (QED) is 0.589. The number of likely N-dealkylation sites (N-methyl/N-ethyl adjacent to an activating group) is 2. The van der Waals surface area contributed by atoms with Crippen molar-refractivity contribution < 1.29 is 4.79 Å². The van der Waals surface area contributed by atoms with Gasteiger partial charge in [-0.1, -0.05) is 6.92 Å². The molecule has 0 rings (SSSR count). The number of nitrogens with one attached hydrogen (secondary N) is 1. The van der Waals surface area contributed by atoms with E-state index in [1.165, 1.54) is 0 Å². The number of amides is 1. The smallest absolute Gasteiger partial charge is 0.236 e. The van der Waals surface area contributed by atoms with Crippen molar-refractivity contribution in [3.8, 4) is 0 Å². The molecule has 1 amide bonds. The molecule has 14 heavy (non-hydrogen) atoms. The molecule has 0 aliphatic carbocycles. The Kier molecular flexibility index (Phi) is 7.42. The third-order valence-corrected chi connectivity index (χ3v) is 2.01. The van der Waals surface area contributed by atoms with E-state index < -0.39 is 0 Å². The summed E-state index contributed by atoms with van der Waals surface area (Å²) in [5.74, 6) is 0.167. The van der Waals surface area contributed by atoms with E-state index in [0.717, 1.165) is 26.1 Å². The average Bonchev–Trinajstić information content (AvgIpc) is 2.14. The summed E-state index contributed by atoms with van der Waals surface area (Å²) in [5, 5.41) is 3.10. The molecule has 1 N–H and O–H groups in total. The zero-order valence-electron chi connectivity index (χ0n) is 9.84. The van der Waals surface area contributed by atoms with E-state index in [4.69, 9.17) is 0 Å². The van der Waals surface area contributed by atoms with Crippen LogP contribution in [0, 0.1) is 0 Å². The topological polar surface area (TPSA) is 35.6 Å². The fourth-order valence-corrected chi connectivity index (χ4v) is 0.982. The van der Waals surface area contributed by atoms with Crippen molar-refractivity contribution in [2.45, 2.75) is 13.3 Å². The number of hydrogen-bond donors (Lipinski definition) is 1. The third-order valence-electron chi connectivity index (χ3n) is 2.01. The second kappa shape index (κ2) is 7.76. The maximum absolute atomic E-state index is 11.5. The Morgan fingerprint density at radius 1 is 1.21 bits per heavy atom. The van der Waals surface area contributed by atoms with Gasteiger partial charge in [0, 0.05) is 20.1 Å². The van der Waals surface area contributed by atoms with Crippen molar-refractivity contribution in [3.63, 3.8) is 0 Å². The van der Waals surface area contributed by atoms with Crippen molar-refractivity contribution in [2.75, 3.05) is 47.3 Å². The maximum atomic E-state index is 11.5. The molecule has 0 fully saturated rings. The van der Waals surface area contributed by atoms with Crippen molar-refractivity contribution in [1.29, 1.82) is 0 Å². The van der Waals surface area contributed by atoms with Crippen molar-refractivity contribution in [2.24, 2.45) is 0 Å². The first-order valence-corrected chi connectivity index (χ1v) is 5.17. The third kappa shape index (κ3) is 6.86. The molecule has 0 unspecified atom stereocenters. The largest absolute Gasteiger partial charge is 0.343 e. The highest BCUT2D eigenvalue weighted by molar-refractivity contribution is 5.77. The fraction of sp³-hybridized carbons (Fsp3) is 0.900. The van der Waals surface area contributed by atoms with Gasteiger partial charge in [-0.3, -0.25) is 4.79 Å². The summed E-state index contributed by atoms with van der Waals surface area (Å²) in [4.78, 5) is 15.3. The van der Waals surface area contributed by atoms with Gasteiger partial charge in [0.1, 0.15) is 0 Å². The second-order valence-corrected chi connectivity index (χ2v) is 3.80. The predicted octanol–water partition coefficient (Wildman–Crippen LogP) is 0.00600. The van der Waals surface area contributed by atoms with Gasteiger partial charge in [-0.25, -0.2) is 0 Å². The van der Waals surface area contributed by atoms with Crippen molar-refractivity contribution in [1.82, 2.24) is 15.1 Å². The predicted molar refractivity (Wildman–Crippen MR) is 59.4 cm³/mol. The van der Waals surface area contributed by atoms with E-state index in [-0.39, 0.29) is 5.91 Å². The molecule has 0 aromatic rings. The van der Waals surface area contributed by atoms with Gasteiger partial charge in [0.2, 0.25) is 5.91 Å². The molecule has 0 aromatic carbocycles. The minimum absolute atomic E-state index is 0.167. The first kappa shape index (κ1) is 13.4. The van der Waals surface area contributed by atoms with E-state index in [1.807, 2.05) is 21.1 Å². The molecule has 0 saturated carbocycles. The highest BCUT2D eigenvalue weighted by Gasteiger charge is 2.07. The lowest BCUT2D eigenvalue weighted by molar-refractivity contribution is -0.129. The van der Waals surface area contributed by atoms with Crippen LogP contribution in [0.1, 0.15) is 13.3 Å². The van der Waals surface area contributed by atoms with Crippen LogP contribution in [0.15, 0.2) is 0 Å². The molecule has 0 radical (unpaired) electrons. The Hall–Kier alpha value is -0.610. The Morgan fingerprint density at radius 3 is 2.36 bits per heavy atom. The van der Waals surface area contributed by atoms with Crippen LogP contribution in [0.2, 0.25) is 0 Å². The molecule has 0 aliphatic heterocycles. The summed E-state index contributed by atoms with van der Waals surface area (Å²) in [6.45, 7) is 5.16. The van der Waals surface area contributed by atoms with Gasteiger partial charge in [-0.2, -0.15) is 0 Å². The van der Waals surface area contributed by atoms with Crippen LogP contribution in [0.4, 0.5) is 0 Å². The molecule has 0 bridgehead atoms. The Bertz CT molecular complexity index is 159. The highest BCUT2D eigenvalue weighted by Crippen LogP contribution is 1.85. The molecule has 84 valence electrons. The van der Waals surface area contributed by atoms with Crippen LogP contribution < -0.4 is 5.32 Å². The van der Waals surface area contributed by atoms with Gasteiger partial charge in [-0.15, -0.1) is 0 Å². The van der Waals surface area contributed by atoms with E-state index in [9.17, 15) is 4.79 Å². The number of carbonyl (C=O) groups excluding carboxylic acids is 1. The van der Waals surface area contributed by atoms with E-state index >= 15 is 0 Å². The molecular formula is C10H23N3O.